The van der Waals surface area contributed by atoms with Gasteiger partial charge in [-0.25, -0.2) is 9.59 Å². The Balaban J connectivity index is 1.32. The highest BCUT2D eigenvalue weighted by atomic mass is 32.2. The van der Waals surface area contributed by atoms with Crippen LogP contribution in [0, 0.1) is 0 Å². The zero-order valence-corrected chi connectivity index (χ0v) is 19.0. The Hall–Kier alpha value is -3.45. The number of carboxylic acids is 1. The summed E-state index contributed by atoms with van der Waals surface area (Å²) >= 11 is 1.43. The molecule has 6 nitrogen and oxygen atoms in total. The highest BCUT2D eigenvalue weighted by Gasteiger charge is 2.29. The Morgan fingerprint density at radius 2 is 1.58 bits per heavy atom. The first kappa shape index (κ1) is 22.7. The molecule has 0 aromatic heterocycles. The van der Waals surface area contributed by atoms with Gasteiger partial charge in [0.1, 0.15) is 18.4 Å². The van der Waals surface area contributed by atoms with Crippen LogP contribution in [0.5, 0.6) is 5.75 Å². The number of ether oxygens (including phenoxy) is 2. The van der Waals surface area contributed by atoms with E-state index in [0.717, 1.165) is 33.6 Å². The van der Waals surface area contributed by atoms with Crippen LogP contribution in [0.2, 0.25) is 0 Å². The van der Waals surface area contributed by atoms with Gasteiger partial charge in [-0.05, 0) is 39.9 Å². The summed E-state index contributed by atoms with van der Waals surface area (Å²) in [5.41, 5.74) is 5.54. The second-order valence-electron chi connectivity index (χ2n) is 7.72. The number of hydrogen-bond acceptors (Lipinski definition) is 5. The van der Waals surface area contributed by atoms with Crippen molar-refractivity contribution in [1.29, 1.82) is 0 Å². The molecule has 0 saturated heterocycles. The maximum absolute atomic E-state index is 12.4. The van der Waals surface area contributed by atoms with E-state index in [-0.39, 0.29) is 18.3 Å². The maximum Gasteiger partial charge on any atom is 0.407 e. The fourth-order valence-electron chi connectivity index (χ4n) is 3.97. The van der Waals surface area contributed by atoms with Gasteiger partial charge in [-0.3, -0.25) is 0 Å². The fourth-order valence-corrected chi connectivity index (χ4v) is 4.98. The highest BCUT2D eigenvalue weighted by Crippen LogP contribution is 2.44. The van der Waals surface area contributed by atoms with Crippen molar-refractivity contribution in [2.45, 2.75) is 17.7 Å². The second-order valence-corrected chi connectivity index (χ2v) is 8.75. The summed E-state index contributed by atoms with van der Waals surface area (Å²) in [4.78, 5) is 24.1. The van der Waals surface area contributed by atoms with E-state index in [2.05, 4.69) is 17.4 Å². The molecule has 0 unspecified atom stereocenters. The molecule has 1 aliphatic rings. The number of alkyl carbamates (subject to hydrolysis) is 1. The number of rotatable bonds is 9. The van der Waals surface area contributed by atoms with Gasteiger partial charge in [0.15, 0.2) is 0 Å². The minimum Gasteiger partial charge on any atom is -0.497 e. The van der Waals surface area contributed by atoms with Crippen molar-refractivity contribution < 1.29 is 24.2 Å². The van der Waals surface area contributed by atoms with Crippen LogP contribution >= 0.6 is 11.8 Å². The average Bonchev–Trinajstić information content (AvgIpc) is 3.16. The third kappa shape index (κ3) is 5.31. The molecule has 1 atom stereocenters. The summed E-state index contributed by atoms with van der Waals surface area (Å²) in [6.45, 7) is 0.144. The van der Waals surface area contributed by atoms with E-state index in [9.17, 15) is 14.7 Å². The van der Waals surface area contributed by atoms with Crippen molar-refractivity contribution in [3.05, 3.63) is 89.5 Å². The lowest BCUT2D eigenvalue weighted by Crippen LogP contribution is -2.43. The molecule has 0 radical (unpaired) electrons. The first-order valence-electron chi connectivity index (χ1n) is 10.6. The monoisotopic (exact) mass is 463 g/mol. The third-order valence-corrected chi connectivity index (χ3v) is 6.75. The number of aliphatic carboxylic acids is 1. The van der Waals surface area contributed by atoms with E-state index < -0.39 is 18.1 Å². The molecular weight excluding hydrogens is 438 g/mol. The molecule has 2 N–H and O–H groups in total. The average molecular weight is 464 g/mol. The Morgan fingerprint density at radius 3 is 2.15 bits per heavy atom. The summed E-state index contributed by atoms with van der Waals surface area (Å²) in [5.74, 6) is 0.455. The first-order chi connectivity index (χ1) is 16.1. The van der Waals surface area contributed by atoms with Crippen LogP contribution in [0.25, 0.3) is 11.1 Å². The lowest BCUT2D eigenvalue weighted by atomic mass is 9.98. The van der Waals surface area contributed by atoms with Crippen molar-refractivity contribution in [3.8, 4) is 16.9 Å². The Kier molecular flexibility index (Phi) is 7.19. The first-order valence-corrected chi connectivity index (χ1v) is 11.8. The topological polar surface area (TPSA) is 84.9 Å². The Labute approximate surface area is 196 Å². The maximum atomic E-state index is 12.4. The molecule has 3 aromatic carbocycles. The number of hydrogen-bond donors (Lipinski definition) is 2. The number of methoxy groups -OCH3 is 1. The normalized spacial score (nSPS) is 13.0. The lowest BCUT2D eigenvalue weighted by Gasteiger charge is -2.17. The van der Waals surface area contributed by atoms with Crippen LogP contribution in [0.15, 0.2) is 72.8 Å². The molecule has 33 heavy (non-hydrogen) atoms. The molecule has 0 saturated carbocycles. The van der Waals surface area contributed by atoms with E-state index in [0.29, 0.717) is 5.75 Å². The minimum absolute atomic E-state index is 0.0733. The van der Waals surface area contributed by atoms with Gasteiger partial charge in [-0.1, -0.05) is 60.7 Å². The molecule has 0 spiro atoms. The van der Waals surface area contributed by atoms with Gasteiger partial charge in [0.05, 0.1) is 7.11 Å². The largest absolute Gasteiger partial charge is 0.497 e. The molecule has 170 valence electrons. The smallest absolute Gasteiger partial charge is 0.407 e. The number of amides is 1. The van der Waals surface area contributed by atoms with Gasteiger partial charge in [0, 0.05) is 17.4 Å². The Bertz CT molecular complexity index is 1090. The zero-order chi connectivity index (χ0) is 23.2. The number of fused-ring (bicyclic) bond motifs is 3. The summed E-state index contributed by atoms with van der Waals surface area (Å²) in [6, 6.07) is 22.7. The molecule has 0 bridgehead atoms. The molecule has 4 rings (SSSR count). The summed E-state index contributed by atoms with van der Waals surface area (Å²) < 4.78 is 10.6. The van der Waals surface area contributed by atoms with Crippen LogP contribution in [-0.2, 0) is 15.3 Å². The molecule has 1 amide bonds. The number of carbonyl (C=O) groups is 2. The van der Waals surface area contributed by atoms with Crippen molar-refractivity contribution in [2.24, 2.45) is 0 Å². The van der Waals surface area contributed by atoms with E-state index in [1.807, 2.05) is 60.7 Å². The molecular formula is C26H25NO5S. The third-order valence-electron chi connectivity index (χ3n) is 5.65. The molecule has 0 fully saturated rings. The van der Waals surface area contributed by atoms with Crippen LogP contribution in [0.1, 0.15) is 22.6 Å². The molecule has 7 heteroatoms. The summed E-state index contributed by atoms with van der Waals surface area (Å²) in [5, 5.41) is 12.0. The number of thioether (sulfide) groups is 1. The Morgan fingerprint density at radius 1 is 0.970 bits per heavy atom. The van der Waals surface area contributed by atoms with Crippen molar-refractivity contribution >= 4 is 23.8 Å². The second kappa shape index (κ2) is 10.4. The quantitative estimate of drug-likeness (QED) is 0.469. The van der Waals surface area contributed by atoms with E-state index in [4.69, 9.17) is 9.47 Å². The zero-order valence-electron chi connectivity index (χ0n) is 18.2. The van der Waals surface area contributed by atoms with Gasteiger partial charge in [-0.2, -0.15) is 11.8 Å². The van der Waals surface area contributed by atoms with Crippen LogP contribution in [0.3, 0.4) is 0 Å². The van der Waals surface area contributed by atoms with E-state index in [1.165, 1.54) is 11.8 Å². The molecule has 0 aliphatic heterocycles. The van der Waals surface area contributed by atoms with E-state index >= 15 is 0 Å². The summed E-state index contributed by atoms with van der Waals surface area (Å²) in [6.07, 6.45) is -0.727. The predicted molar refractivity (Wildman–Crippen MR) is 129 cm³/mol. The predicted octanol–water partition coefficient (Wildman–Crippen LogP) is 4.92. The van der Waals surface area contributed by atoms with Crippen molar-refractivity contribution in [2.75, 3.05) is 19.5 Å². The number of nitrogens with one attached hydrogen (secondary N) is 1. The fraction of sp³-hybridized carbons (Fsp3) is 0.231. The van der Waals surface area contributed by atoms with Gasteiger partial charge in [0.25, 0.3) is 0 Å². The van der Waals surface area contributed by atoms with E-state index in [1.54, 1.807) is 7.11 Å². The van der Waals surface area contributed by atoms with Crippen LogP contribution in [-0.4, -0.2) is 42.7 Å². The van der Waals surface area contributed by atoms with Gasteiger partial charge in [0.2, 0.25) is 0 Å². The number of carbonyl (C=O) groups excluding carboxylic acids is 1. The van der Waals surface area contributed by atoms with Crippen molar-refractivity contribution in [1.82, 2.24) is 5.32 Å². The standard InChI is InChI=1S/C26H25NO5S/c1-31-18-12-10-17(11-13-18)15-33-16-24(25(28)29)27-26(30)32-14-23-21-8-4-2-6-19(21)20-7-3-5-9-22(20)23/h2-13,23-24H,14-16H2,1H3,(H,27,30)(H,28,29)/t24-/m1/s1. The molecule has 0 heterocycles. The van der Waals surface area contributed by atoms with Crippen LogP contribution < -0.4 is 10.1 Å². The minimum atomic E-state index is -1.09. The molecule has 3 aromatic rings. The highest BCUT2D eigenvalue weighted by molar-refractivity contribution is 7.98. The number of benzene rings is 3. The SMILES string of the molecule is COc1ccc(CSC[C@@H](NC(=O)OCC2c3ccccc3-c3ccccc32)C(=O)O)cc1. The number of carboxylic acid groups (broad SMARTS) is 1. The van der Waals surface area contributed by atoms with Crippen LogP contribution in [0.4, 0.5) is 4.79 Å². The van der Waals surface area contributed by atoms with Gasteiger partial charge >= 0.3 is 12.1 Å². The van der Waals surface area contributed by atoms with Crippen molar-refractivity contribution in [3.63, 3.8) is 0 Å². The lowest BCUT2D eigenvalue weighted by molar-refractivity contribution is -0.138. The molecule has 1 aliphatic carbocycles. The summed E-state index contributed by atoms with van der Waals surface area (Å²) in [7, 11) is 1.61. The van der Waals surface area contributed by atoms with Gasteiger partial charge in [-0.15, -0.1) is 0 Å². The van der Waals surface area contributed by atoms with Gasteiger partial charge < -0.3 is 19.9 Å².